The number of rotatable bonds is 3. The van der Waals surface area contributed by atoms with Crippen molar-refractivity contribution in [2.24, 2.45) is 0 Å². The highest BCUT2D eigenvalue weighted by molar-refractivity contribution is 6.78. The van der Waals surface area contributed by atoms with E-state index in [2.05, 4.69) is 32.3 Å². The fourth-order valence-electron chi connectivity index (χ4n) is 0.894. The van der Waals surface area contributed by atoms with E-state index in [0.29, 0.717) is 0 Å². The van der Waals surface area contributed by atoms with Crippen LogP contribution in [0.5, 0.6) is 0 Å². The van der Waals surface area contributed by atoms with Crippen molar-refractivity contribution in [3.8, 4) is 6.07 Å². The van der Waals surface area contributed by atoms with Gasteiger partial charge in [0, 0.05) is 5.54 Å². The summed E-state index contributed by atoms with van der Waals surface area (Å²) in [5, 5.41) is 8.85. The Morgan fingerprint density at radius 3 is 2.09 bits per heavy atom. The van der Waals surface area contributed by atoms with Gasteiger partial charge in [0.15, 0.2) is 0 Å². The Morgan fingerprint density at radius 1 is 1.55 bits per heavy atom. The van der Waals surface area contributed by atoms with Gasteiger partial charge in [-0.2, -0.15) is 5.26 Å². The summed E-state index contributed by atoms with van der Waals surface area (Å²) < 4.78 is 0. The van der Waals surface area contributed by atoms with Crippen LogP contribution in [0.2, 0.25) is 25.2 Å². The van der Waals surface area contributed by atoms with Crippen LogP contribution in [-0.2, 0) is 0 Å². The van der Waals surface area contributed by atoms with Gasteiger partial charge in [-0.1, -0.05) is 25.2 Å². The van der Waals surface area contributed by atoms with Crippen LogP contribution >= 0.6 is 0 Å². The molecule has 11 heavy (non-hydrogen) atoms. The van der Waals surface area contributed by atoms with Crippen LogP contribution in [0.15, 0.2) is 12.2 Å². The molecule has 0 radical (unpaired) electrons. The number of allylic oxidation sites excluding steroid dienone is 1. The highest BCUT2D eigenvalue weighted by Gasteiger charge is 2.25. The van der Waals surface area contributed by atoms with E-state index < -0.39 is 8.07 Å². The summed E-state index contributed by atoms with van der Waals surface area (Å²) in [7, 11) is -1.27. The molecule has 0 amide bonds. The summed E-state index contributed by atoms with van der Waals surface area (Å²) in [6.07, 6.45) is 0.881. The lowest BCUT2D eigenvalue weighted by Gasteiger charge is -2.22. The molecule has 0 aromatic heterocycles. The van der Waals surface area contributed by atoms with Crippen LogP contribution in [0.25, 0.3) is 0 Å². The molecule has 0 aliphatic carbocycles. The van der Waals surface area contributed by atoms with E-state index in [0.717, 1.165) is 12.0 Å². The summed E-state index contributed by atoms with van der Waals surface area (Å²) >= 11 is 0. The Labute approximate surface area is 70.7 Å². The van der Waals surface area contributed by atoms with Crippen molar-refractivity contribution in [2.75, 3.05) is 0 Å². The summed E-state index contributed by atoms with van der Waals surface area (Å²) in [6, 6.07) is 2.37. The summed E-state index contributed by atoms with van der Waals surface area (Å²) in [6.45, 7) is 12.5. The van der Waals surface area contributed by atoms with Gasteiger partial charge in [-0.15, -0.1) is 6.58 Å². The van der Waals surface area contributed by atoms with Crippen LogP contribution in [-0.4, -0.2) is 8.07 Å². The van der Waals surface area contributed by atoms with Crippen molar-refractivity contribution in [2.45, 2.75) is 38.5 Å². The number of hydrogen-bond donors (Lipinski definition) is 0. The molecule has 0 rings (SSSR count). The predicted molar refractivity (Wildman–Crippen MR) is 52.1 cm³/mol. The number of nitriles is 1. The standard InChI is InChI=1S/C9H17NSi/c1-8(2)6-9(7-10)11(3,4)5/h9H,1,6H2,2-5H3/t9-/m1/s1. The van der Waals surface area contributed by atoms with Gasteiger partial charge in [0.05, 0.1) is 14.1 Å². The smallest absolute Gasteiger partial charge is 0.0644 e. The normalized spacial score (nSPS) is 13.7. The van der Waals surface area contributed by atoms with Crippen molar-refractivity contribution in [3.63, 3.8) is 0 Å². The molecule has 0 aliphatic rings. The minimum Gasteiger partial charge on any atom is -0.198 e. The molecule has 62 valence electrons. The minimum atomic E-state index is -1.27. The molecule has 0 N–H and O–H groups in total. The van der Waals surface area contributed by atoms with Crippen LogP contribution < -0.4 is 0 Å². The molecule has 0 aromatic carbocycles. The molecule has 0 spiro atoms. The Balaban J connectivity index is 4.22. The second-order valence-electron chi connectivity index (χ2n) is 4.21. The molecule has 0 unspecified atom stereocenters. The van der Waals surface area contributed by atoms with E-state index in [9.17, 15) is 0 Å². The van der Waals surface area contributed by atoms with E-state index in [1.54, 1.807) is 0 Å². The number of hydrogen-bond acceptors (Lipinski definition) is 1. The van der Waals surface area contributed by atoms with Gasteiger partial charge in [0.25, 0.3) is 0 Å². The zero-order chi connectivity index (χ0) is 9.07. The molecule has 0 aromatic rings. The third-order valence-corrected chi connectivity index (χ3v) is 4.18. The maximum absolute atomic E-state index is 8.85. The maximum atomic E-state index is 8.85. The average molecular weight is 167 g/mol. The topological polar surface area (TPSA) is 23.8 Å². The Kier molecular flexibility index (Phi) is 3.54. The van der Waals surface area contributed by atoms with E-state index in [1.807, 2.05) is 6.92 Å². The minimum absolute atomic E-state index is 0.236. The van der Waals surface area contributed by atoms with E-state index in [1.165, 1.54) is 0 Å². The SMILES string of the molecule is C=C(C)C[C@H](C#N)[Si](C)(C)C. The second kappa shape index (κ2) is 3.73. The first-order chi connectivity index (χ1) is 4.88. The van der Waals surface area contributed by atoms with Crippen molar-refractivity contribution in [1.82, 2.24) is 0 Å². The Bertz CT molecular complexity index is 183. The van der Waals surface area contributed by atoms with E-state index in [4.69, 9.17) is 5.26 Å². The molecule has 0 heterocycles. The first-order valence-corrected chi connectivity index (χ1v) is 7.49. The Hall–Kier alpha value is -0.553. The molecule has 1 atom stereocenters. The van der Waals surface area contributed by atoms with Crippen molar-refractivity contribution >= 4 is 8.07 Å². The highest BCUT2D eigenvalue weighted by Crippen LogP contribution is 2.26. The zero-order valence-corrected chi connectivity index (χ0v) is 8.94. The van der Waals surface area contributed by atoms with Crippen LogP contribution in [0.4, 0.5) is 0 Å². The monoisotopic (exact) mass is 167 g/mol. The molecule has 0 saturated heterocycles. The van der Waals surface area contributed by atoms with Crippen molar-refractivity contribution in [1.29, 1.82) is 5.26 Å². The molecule has 0 aliphatic heterocycles. The average Bonchev–Trinajstić information content (AvgIpc) is 1.79. The lowest BCUT2D eigenvalue weighted by atomic mass is 10.2. The Morgan fingerprint density at radius 2 is 2.00 bits per heavy atom. The first kappa shape index (κ1) is 10.4. The van der Waals surface area contributed by atoms with Gasteiger partial charge in [-0.3, -0.25) is 0 Å². The third-order valence-electron chi connectivity index (χ3n) is 1.75. The lowest BCUT2D eigenvalue weighted by Crippen LogP contribution is -2.27. The lowest BCUT2D eigenvalue weighted by molar-refractivity contribution is 0.948. The van der Waals surface area contributed by atoms with Crippen molar-refractivity contribution < 1.29 is 0 Å². The van der Waals surface area contributed by atoms with Gasteiger partial charge in [0.1, 0.15) is 0 Å². The highest BCUT2D eigenvalue weighted by atomic mass is 28.3. The fourth-order valence-corrected chi connectivity index (χ4v) is 2.24. The van der Waals surface area contributed by atoms with Crippen LogP contribution in [0.1, 0.15) is 13.3 Å². The fraction of sp³-hybridized carbons (Fsp3) is 0.667. The molecule has 0 fully saturated rings. The largest absolute Gasteiger partial charge is 0.198 e. The van der Waals surface area contributed by atoms with E-state index in [-0.39, 0.29) is 5.54 Å². The molecule has 0 bridgehead atoms. The van der Waals surface area contributed by atoms with Gasteiger partial charge >= 0.3 is 0 Å². The van der Waals surface area contributed by atoms with Crippen LogP contribution in [0.3, 0.4) is 0 Å². The molecular weight excluding hydrogens is 150 g/mol. The van der Waals surface area contributed by atoms with Gasteiger partial charge in [-0.05, 0) is 13.3 Å². The molecular formula is C9H17NSi. The second-order valence-corrected chi connectivity index (χ2v) is 9.64. The first-order valence-electron chi connectivity index (χ1n) is 3.92. The predicted octanol–water partition coefficient (Wildman–Crippen LogP) is 3.18. The van der Waals surface area contributed by atoms with Crippen LogP contribution in [0, 0.1) is 11.3 Å². The summed E-state index contributed by atoms with van der Waals surface area (Å²) in [5.74, 6) is 0. The number of nitrogens with zero attached hydrogens (tertiary/aromatic N) is 1. The summed E-state index contributed by atoms with van der Waals surface area (Å²) in [5.41, 5.74) is 1.36. The molecule has 2 heteroatoms. The van der Waals surface area contributed by atoms with Crippen molar-refractivity contribution in [3.05, 3.63) is 12.2 Å². The van der Waals surface area contributed by atoms with Gasteiger partial charge in [0.2, 0.25) is 0 Å². The van der Waals surface area contributed by atoms with Gasteiger partial charge < -0.3 is 0 Å². The maximum Gasteiger partial charge on any atom is 0.0644 e. The zero-order valence-electron chi connectivity index (χ0n) is 7.94. The third kappa shape index (κ3) is 4.00. The van der Waals surface area contributed by atoms with E-state index >= 15 is 0 Å². The molecule has 1 nitrogen and oxygen atoms in total. The summed E-state index contributed by atoms with van der Waals surface area (Å²) in [4.78, 5) is 0. The quantitative estimate of drug-likeness (QED) is 0.468. The van der Waals surface area contributed by atoms with Gasteiger partial charge in [-0.25, -0.2) is 0 Å². The molecule has 0 saturated carbocycles.